The van der Waals surface area contributed by atoms with Crippen LogP contribution < -0.4 is 5.32 Å². The summed E-state index contributed by atoms with van der Waals surface area (Å²) in [6.45, 7) is 9.34. The molecule has 2 heterocycles. The third kappa shape index (κ3) is 5.05. The zero-order valence-corrected chi connectivity index (χ0v) is 12.9. The first kappa shape index (κ1) is 15.3. The second-order valence-corrected chi connectivity index (χ2v) is 6.29. The van der Waals surface area contributed by atoms with Gasteiger partial charge in [0.05, 0.1) is 6.10 Å². The standard InChI is InChI=1S/C16H32N2O/c1-3-5-16-13-15(8-12-19-16)17-14-6-10-18(9-4-2)11-7-14/h14-17H,3-13H2,1-2H3. The Kier molecular flexibility index (Phi) is 6.62. The summed E-state index contributed by atoms with van der Waals surface area (Å²) < 4.78 is 5.84. The zero-order valence-electron chi connectivity index (χ0n) is 12.9. The summed E-state index contributed by atoms with van der Waals surface area (Å²) in [5, 5.41) is 3.90. The number of nitrogens with zero attached hydrogens (tertiary/aromatic N) is 1. The number of piperidine rings is 1. The molecule has 2 aliphatic heterocycles. The molecule has 0 bridgehead atoms. The van der Waals surface area contributed by atoms with E-state index >= 15 is 0 Å². The molecule has 2 fully saturated rings. The maximum atomic E-state index is 5.84. The van der Waals surface area contributed by atoms with Crippen LogP contribution in [0.2, 0.25) is 0 Å². The Hall–Kier alpha value is -0.120. The van der Waals surface area contributed by atoms with E-state index in [2.05, 4.69) is 24.1 Å². The quantitative estimate of drug-likeness (QED) is 0.801. The lowest BCUT2D eigenvalue weighted by Crippen LogP contribution is -2.48. The molecule has 2 saturated heterocycles. The minimum Gasteiger partial charge on any atom is -0.378 e. The number of hydrogen-bond donors (Lipinski definition) is 1. The van der Waals surface area contributed by atoms with Gasteiger partial charge in [-0.1, -0.05) is 20.3 Å². The minimum absolute atomic E-state index is 0.511. The third-order valence-electron chi connectivity index (χ3n) is 4.58. The molecule has 1 N–H and O–H groups in total. The fourth-order valence-corrected chi connectivity index (χ4v) is 3.53. The van der Waals surface area contributed by atoms with Crippen LogP contribution in [0.1, 0.15) is 58.8 Å². The molecule has 2 atom stereocenters. The van der Waals surface area contributed by atoms with Crippen LogP contribution in [0.25, 0.3) is 0 Å². The fraction of sp³-hybridized carbons (Fsp3) is 1.00. The molecule has 2 unspecified atom stereocenters. The van der Waals surface area contributed by atoms with Gasteiger partial charge in [-0.25, -0.2) is 0 Å². The van der Waals surface area contributed by atoms with Gasteiger partial charge in [-0.2, -0.15) is 0 Å². The van der Waals surface area contributed by atoms with Crippen molar-refractivity contribution < 1.29 is 4.74 Å². The molecule has 0 aromatic heterocycles. The molecule has 0 aliphatic carbocycles. The van der Waals surface area contributed by atoms with E-state index < -0.39 is 0 Å². The lowest BCUT2D eigenvalue weighted by molar-refractivity contribution is -0.00645. The Balaban J connectivity index is 1.67. The summed E-state index contributed by atoms with van der Waals surface area (Å²) in [7, 11) is 0. The monoisotopic (exact) mass is 268 g/mol. The molecule has 0 aromatic rings. The lowest BCUT2D eigenvalue weighted by atomic mass is 9.97. The van der Waals surface area contributed by atoms with E-state index in [0.29, 0.717) is 12.1 Å². The van der Waals surface area contributed by atoms with Crippen molar-refractivity contribution in [1.29, 1.82) is 0 Å². The molecule has 0 radical (unpaired) electrons. The molecule has 112 valence electrons. The van der Waals surface area contributed by atoms with Crippen LogP contribution in [0.3, 0.4) is 0 Å². The first-order valence-corrected chi connectivity index (χ1v) is 8.41. The van der Waals surface area contributed by atoms with Crippen LogP contribution >= 0.6 is 0 Å². The smallest absolute Gasteiger partial charge is 0.0589 e. The maximum Gasteiger partial charge on any atom is 0.0589 e. The first-order chi connectivity index (χ1) is 9.31. The van der Waals surface area contributed by atoms with Crippen LogP contribution in [0, 0.1) is 0 Å². The predicted octanol–water partition coefficient (Wildman–Crippen LogP) is 2.80. The normalized spacial score (nSPS) is 30.6. The molecule has 0 aromatic carbocycles. The number of nitrogens with one attached hydrogen (secondary N) is 1. The van der Waals surface area contributed by atoms with Crippen LogP contribution in [-0.4, -0.2) is 49.3 Å². The maximum absolute atomic E-state index is 5.84. The summed E-state index contributed by atoms with van der Waals surface area (Å²) in [6.07, 6.45) is 9.36. The number of rotatable bonds is 6. The molecule has 0 spiro atoms. The van der Waals surface area contributed by atoms with Crippen molar-refractivity contribution in [3.8, 4) is 0 Å². The van der Waals surface area contributed by atoms with Crippen LogP contribution in [0.15, 0.2) is 0 Å². The Labute approximate surface area is 119 Å². The van der Waals surface area contributed by atoms with Gasteiger partial charge in [0.15, 0.2) is 0 Å². The van der Waals surface area contributed by atoms with Crippen molar-refractivity contribution in [3.05, 3.63) is 0 Å². The molecule has 0 amide bonds. The Morgan fingerprint density at radius 2 is 1.84 bits per heavy atom. The summed E-state index contributed by atoms with van der Waals surface area (Å²) in [5.41, 5.74) is 0. The highest BCUT2D eigenvalue weighted by molar-refractivity contribution is 4.83. The molecule has 0 saturated carbocycles. The van der Waals surface area contributed by atoms with Gasteiger partial charge in [0.1, 0.15) is 0 Å². The molecule has 2 rings (SSSR count). The summed E-state index contributed by atoms with van der Waals surface area (Å²) in [4.78, 5) is 2.61. The fourth-order valence-electron chi connectivity index (χ4n) is 3.53. The van der Waals surface area contributed by atoms with E-state index in [9.17, 15) is 0 Å². The second-order valence-electron chi connectivity index (χ2n) is 6.29. The highest BCUT2D eigenvalue weighted by Crippen LogP contribution is 2.20. The van der Waals surface area contributed by atoms with Gasteiger partial charge < -0.3 is 15.0 Å². The van der Waals surface area contributed by atoms with E-state index in [0.717, 1.165) is 12.6 Å². The van der Waals surface area contributed by atoms with Gasteiger partial charge in [0.2, 0.25) is 0 Å². The van der Waals surface area contributed by atoms with Crippen molar-refractivity contribution >= 4 is 0 Å². The average molecular weight is 268 g/mol. The molecule has 3 heteroatoms. The topological polar surface area (TPSA) is 24.5 Å². The number of likely N-dealkylation sites (tertiary alicyclic amines) is 1. The van der Waals surface area contributed by atoms with E-state index in [-0.39, 0.29) is 0 Å². The van der Waals surface area contributed by atoms with Crippen LogP contribution in [0.4, 0.5) is 0 Å². The van der Waals surface area contributed by atoms with Gasteiger partial charge in [-0.3, -0.25) is 0 Å². The highest BCUT2D eigenvalue weighted by Gasteiger charge is 2.25. The van der Waals surface area contributed by atoms with Crippen molar-refractivity contribution in [1.82, 2.24) is 10.2 Å². The number of ether oxygens (including phenoxy) is 1. The molecule has 19 heavy (non-hydrogen) atoms. The van der Waals surface area contributed by atoms with Crippen molar-refractivity contribution in [2.45, 2.75) is 77.0 Å². The summed E-state index contributed by atoms with van der Waals surface area (Å²) >= 11 is 0. The average Bonchev–Trinajstić information content (AvgIpc) is 2.42. The predicted molar refractivity (Wildman–Crippen MR) is 80.6 cm³/mol. The van der Waals surface area contributed by atoms with Gasteiger partial charge in [-0.05, 0) is 58.2 Å². The van der Waals surface area contributed by atoms with Crippen molar-refractivity contribution in [3.63, 3.8) is 0 Å². The molecule has 3 nitrogen and oxygen atoms in total. The van der Waals surface area contributed by atoms with Gasteiger partial charge in [0.25, 0.3) is 0 Å². The first-order valence-electron chi connectivity index (χ1n) is 8.41. The van der Waals surface area contributed by atoms with Gasteiger partial charge in [0, 0.05) is 18.7 Å². The minimum atomic E-state index is 0.511. The van der Waals surface area contributed by atoms with Crippen molar-refractivity contribution in [2.24, 2.45) is 0 Å². The van der Waals surface area contributed by atoms with Gasteiger partial charge >= 0.3 is 0 Å². The van der Waals surface area contributed by atoms with E-state index in [1.807, 2.05) is 0 Å². The van der Waals surface area contributed by atoms with Gasteiger partial charge in [-0.15, -0.1) is 0 Å². The van der Waals surface area contributed by atoms with E-state index in [1.165, 1.54) is 64.6 Å². The van der Waals surface area contributed by atoms with E-state index in [1.54, 1.807) is 0 Å². The molecular weight excluding hydrogens is 236 g/mol. The highest BCUT2D eigenvalue weighted by atomic mass is 16.5. The van der Waals surface area contributed by atoms with E-state index in [4.69, 9.17) is 4.74 Å². The van der Waals surface area contributed by atoms with Crippen molar-refractivity contribution in [2.75, 3.05) is 26.2 Å². The number of hydrogen-bond acceptors (Lipinski definition) is 3. The zero-order chi connectivity index (χ0) is 13.5. The third-order valence-corrected chi connectivity index (χ3v) is 4.58. The molecule has 2 aliphatic rings. The SMILES string of the molecule is CCCC1CC(NC2CCN(CCC)CC2)CCO1. The Morgan fingerprint density at radius 3 is 2.53 bits per heavy atom. The Morgan fingerprint density at radius 1 is 1.05 bits per heavy atom. The lowest BCUT2D eigenvalue weighted by Gasteiger charge is -2.37. The molecular formula is C16H32N2O. The Bertz CT molecular complexity index is 237. The van der Waals surface area contributed by atoms with Crippen LogP contribution in [0.5, 0.6) is 0 Å². The summed E-state index contributed by atoms with van der Waals surface area (Å²) in [6, 6.07) is 1.45. The second kappa shape index (κ2) is 8.23. The van der Waals surface area contributed by atoms with Crippen LogP contribution in [-0.2, 0) is 4.74 Å². The summed E-state index contributed by atoms with van der Waals surface area (Å²) in [5.74, 6) is 0. The largest absolute Gasteiger partial charge is 0.378 e.